The van der Waals surface area contributed by atoms with Crippen molar-refractivity contribution in [3.63, 3.8) is 0 Å². The summed E-state index contributed by atoms with van der Waals surface area (Å²) in [5, 5.41) is 23.1. The topological polar surface area (TPSA) is 65.4 Å². The number of aliphatic hydroxyl groups is 2. The van der Waals surface area contributed by atoms with Gasteiger partial charge in [0.05, 0.1) is 18.2 Å². The highest BCUT2D eigenvalue weighted by atomic mass is 35.5. The molecule has 1 aliphatic carbocycles. The fraction of sp³-hybridized carbons (Fsp3) is 0.318. The van der Waals surface area contributed by atoms with E-state index in [2.05, 4.69) is 35.6 Å². The fourth-order valence-electron chi connectivity index (χ4n) is 3.79. The maximum atomic E-state index is 9.69. The number of hydrogen-bond donors (Lipinski definition) is 3. The van der Waals surface area contributed by atoms with Crippen molar-refractivity contribution in [1.82, 2.24) is 4.98 Å². The average molecular weight is 385 g/mol. The molecule has 2 aromatic carbocycles. The van der Waals surface area contributed by atoms with Gasteiger partial charge in [0.15, 0.2) is 0 Å². The Hall–Kier alpha value is -2.14. The van der Waals surface area contributed by atoms with Crippen molar-refractivity contribution in [2.75, 3.05) is 18.5 Å². The summed E-state index contributed by atoms with van der Waals surface area (Å²) in [4.78, 5) is 4.93. The predicted octanol–water partition coefficient (Wildman–Crippen LogP) is 3.69. The van der Waals surface area contributed by atoms with Crippen molar-refractivity contribution in [3.8, 4) is 0 Å². The van der Waals surface area contributed by atoms with Crippen LogP contribution in [0.1, 0.15) is 29.2 Å². The standard InChI is InChI=1S/C22H24N2O2.ClH/c25-14-18(26)13-23-22-12-21(24-20-8-4-3-7-19(20)22)17-10-9-15-5-1-2-6-16(15)11-17;/h1-8,12,17-18,25-26H,9-11,13-14H2,(H,23,24);1H/t17-,18-;/m1./s1. The second-order valence-corrected chi connectivity index (χ2v) is 7.04. The zero-order chi connectivity index (χ0) is 17.9. The average Bonchev–Trinajstić information content (AvgIpc) is 2.71. The number of fused-ring (bicyclic) bond motifs is 2. The molecule has 0 unspecified atom stereocenters. The third kappa shape index (κ3) is 4.24. The SMILES string of the molecule is Cl.OC[C@H](O)CNc1cc([C@@H]2CCc3ccccc3C2)nc2ccccc12. The first-order valence-corrected chi connectivity index (χ1v) is 9.24. The Balaban J connectivity index is 0.00000210. The molecule has 0 bridgehead atoms. The highest BCUT2D eigenvalue weighted by Gasteiger charge is 2.22. The number of aryl methyl sites for hydroxylation is 1. The highest BCUT2D eigenvalue weighted by molar-refractivity contribution is 5.91. The molecule has 4 nitrogen and oxygen atoms in total. The van der Waals surface area contributed by atoms with Gasteiger partial charge in [-0.1, -0.05) is 42.5 Å². The van der Waals surface area contributed by atoms with E-state index >= 15 is 0 Å². The summed E-state index contributed by atoms with van der Waals surface area (Å²) in [5.41, 5.74) is 5.90. The molecule has 27 heavy (non-hydrogen) atoms. The molecule has 4 rings (SSSR count). The van der Waals surface area contributed by atoms with E-state index in [0.717, 1.165) is 41.5 Å². The predicted molar refractivity (Wildman–Crippen MR) is 112 cm³/mol. The van der Waals surface area contributed by atoms with Crippen molar-refractivity contribution in [2.24, 2.45) is 0 Å². The Labute approximate surface area is 165 Å². The number of hydrogen-bond acceptors (Lipinski definition) is 4. The fourth-order valence-corrected chi connectivity index (χ4v) is 3.79. The number of rotatable bonds is 5. The molecule has 0 spiro atoms. The lowest BCUT2D eigenvalue weighted by Gasteiger charge is -2.25. The van der Waals surface area contributed by atoms with E-state index in [1.165, 1.54) is 11.1 Å². The van der Waals surface area contributed by atoms with Crippen LogP contribution in [-0.4, -0.2) is 34.5 Å². The minimum absolute atomic E-state index is 0. The maximum absolute atomic E-state index is 9.69. The molecular formula is C22H25ClN2O2. The molecule has 1 aliphatic rings. The molecule has 0 fully saturated rings. The van der Waals surface area contributed by atoms with Crippen LogP contribution in [0, 0.1) is 0 Å². The van der Waals surface area contributed by atoms with E-state index in [1.807, 2.05) is 24.3 Å². The number of aliphatic hydroxyl groups excluding tert-OH is 2. The Morgan fingerprint density at radius 1 is 1.07 bits per heavy atom. The minimum atomic E-state index is -0.771. The summed E-state index contributed by atoms with van der Waals surface area (Å²) in [5.74, 6) is 0.401. The maximum Gasteiger partial charge on any atom is 0.0942 e. The van der Waals surface area contributed by atoms with E-state index in [-0.39, 0.29) is 19.0 Å². The molecule has 1 heterocycles. The van der Waals surface area contributed by atoms with Crippen LogP contribution in [0.4, 0.5) is 5.69 Å². The summed E-state index contributed by atoms with van der Waals surface area (Å²) >= 11 is 0. The molecule has 0 amide bonds. The van der Waals surface area contributed by atoms with E-state index in [0.29, 0.717) is 12.5 Å². The summed E-state index contributed by atoms with van der Waals surface area (Å²) < 4.78 is 0. The van der Waals surface area contributed by atoms with Gasteiger partial charge in [-0.2, -0.15) is 0 Å². The molecule has 1 aromatic heterocycles. The van der Waals surface area contributed by atoms with Gasteiger partial charge < -0.3 is 15.5 Å². The van der Waals surface area contributed by atoms with Gasteiger partial charge in [0.2, 0.25) is 0 Å². The molecule has 142 valence electrons. The summed E-state index contributed by atoms with van der Waals surface area (Å²) in [6.45, 7) is 0.0692. The van der Waals surface area contributed by atoms with E-state index < -0.39 is 6.10 Å². The van der Waals surface area contributed by atoms with Crippen LogP contribution < -0.4 is 5.32 Å². The van der Waals surface area contributed by atoms with Gasteiger partial charge in [-0.25, -0.2) is 0 Å². The zero-order valence-electron chi connectivity index (χ0n) is 15.1. The van der Waals surface area contributed by atoms with Crippen molar-refractivity contribution < 1.29 is 10.2 Å². The second kappa shape index (κ2) is 8.70. The Bertz CT molecular complexity index is 916. The third-order valence-electron chi connectivity index (χ3n) is 5.24. The molecule has 0 saturated carbocycles. The number of para-hydroxylation sites is 1. The molecule has 0 aliphatic heterocycles. The van der Waals surface area contributed by atoms with Gasteiger partial charge in [-0.15, -0.1) is 12.4 Å². The van der Waals surface area contributed by atoms with E-state index in [1.54, 1.807) is 0 Å². The highest BCUT2D eigenvalue weighted by Crippen LogP contribution is 2.34. The Morgan fingerprint density at radius 3 is 2.63 bits per heavy atom. The summed E-state index contributed by atoms with van der Waals surface area (Å²) in [7, 11) is 0. The van der Waals surface area contributed by atoms with Crippen LogP contribution in [0.25, 0.3) is 10.9 Å². The number of pyridine rings is 1. The quantitative estimate of drug-likeness (QED) is 0.627. The molecule has 3 N–H and O–H groups in total. The first-order valence-electron chi connectivity index (χ1n) is 9.24. The number of anilines is 1. The number of benzene rings is 2. The minimum Gasteiger partial charge on any atom is -0.394 e. The van der Waals surface area contributed by atoms with Crippen LogP contribution in [0.3, 0.4) is 0 Å². The summed E-state index contributed by atoms with van der Waals surface area (Å²) in [6.07, 6.45) is 2.43. The normalized spacial score (nSPS) is 17.0. The van der Waals surface area contributed by atoms with Crippen LogP contribution in [0.2, 0.25) is 0 Å². The van der Waals surface area contributed by atoms with Crippen LogP contribution >= 0.6 is 12.4 Å². The van der Waals surface area contributed by atoms with Gasteiger partial charge in [-0.05, 0) is 42.5 Å². The lowest BCUT2D eigenvalue weighted by Crippen LogP contribution is -2.23. The van der Waals surface area contributed by atoms with Crippen molar-refractivity contribution >= 4 is 29.0 Å². The van der Waals surface area contributed by atoms with Crippen LogP contribution in [0.15, 0.2) is 54.6 Å². The first-order chi connectivity index (χ1) is 12.7. The van der Waals surface area contributed by atoms with Gasteiger partial charge in [-0.3, -0.25) is 4.98 Å². The van der Waals surface area contributed by atoms with Crippen LogP contribution in [-0.2, 0) is 12.8 Å². The molecule has 3 aromatic rings. The monoisotopic (exact) mass is 384 g/mol. The first kappa shape index (κ1) is 19.6. The second-order valence-electron chi connectivity index (χ2n) is 7.04. The molecule has 0 saturated heterocycles. The van der Waals surface area contributed by atoms with Gasteiger partial charge >= 0.3 is 0 Å². The molecule has 2 atom stereocenters. The lowest BCUT2D eigenvalue weighted by molar-refractivity contribution is 0.105. The third-order valence-corrected chi connectivity index (χ3v) is 5.24. The van der Waals surface area contributed by atoms with E-state index in [9.17, 15) is 5.11 Å². The summed E-state index contributed by atoms with van der Waals surface area (Å²) in [6, 6.07) is 18.8. The van der Waals surface area contributed by atoms with E-state index in [4.69, 9.17) is 10.1 Å². The number of aromatic nitrogens is 1. The van der Waals surface area contributed by atoms with Gasteiger partial charge in [0.1, 0.15) is 0 Å². The number of nitrogens with zero attached hydrogens (tertiary/aromatic N) is 1. The van der Waals surface area contributed by atoms with Crippen molar-refractivity contribution in [3.05, 3.63) is 71.4 Å². The Morgan fingerprint density at radius 2 is 1.81 bits per heavy atom. The van der Waals surface area contributed by atoms with Crippen LogP contribution in [0.5, 0.6) is 0 Å². The van der Waals surface area contributed by atoms with Gasteiger partial charge in [0.25, 0.3) is 0 Å². The van der Waals surface area contributed by atoms with Gasteiger partial charge in [0, 0.05) is 29.2 Å². The lowest BCUT2D eigenvalue weighted by atomic mass is 9.82. The number of halogens is 1. The molecular weight excluding hydrogens is 360 g/mol. The zero-order valence-corrected chi connectivity index (χ0v) is 16.0. The smallest absolute Gasteiger partial charge is 0.0942 e. The van der Waals surface area contributed by atoms with Crippen molar-refractivity contribution in [2.45, 2.75) is 31.3 Å². The molecule has 5 heteroatoms. The molecule has 0 radical (unpaired) electrons. The van der Waals surface area contributed by atoms with Crippen molar-refractivity contribution in [1.29, 1.82) is 0 Å². The number of nitrogens with one attached hydrogen (secondary N) is 1. The largest absolute Gasteiger partial charge is 0.394 e. The Kier molecular flexibility index (Phi) is 6.32.